The highest BCUT2D eigenvalue weighted by Gasteiger charge is 2.25. The maximum Gasteiger partial charge on any atom is 0.264 e. The molecule has 1 fully saturated rings. The van der Waals surface area contributed by atoms with E-state index in [2.05, 4.69) is 15.3 Å². The van der Waals surface area contributed by atoms with Gasteiger partial charge in [0, 0.05) is 12.3 Å². The van der Waals surface area contributed by atoms with Gasteiger partial charge in [-0.05, 0) is 49.0 Å². The van der Waals surface area contributed by atoms with Crippen LogP contribution in [0.15, 0.2) is 63.8 Å². The van der Waals surface area contributed by atoms with E-state index in [-0.39, 0.29) is 17.5 Å². The van der Waals surface area contributed by atoms with Gasteiger partial charge in [0.25, 0.3) is 5.91 Å². The number of carbonyl (C=O) groups is 2. The Morgan fingerprint density at radius 3 is 2.65 bits per heavy atom. The minimum atomic E-state index is -0.518. The summed E-state index contributed by atoms with van der Waals surface area (Å²) < 4.78 is 14.2. The average Bonchev–Trinajstić information content (AvgIpc) is 3.32. The number of rotatable bonds is 4. The van der Waals surface area contributed by atoms with Gasteiger partial charge in [-0.3, -0.25) is 14.5 Å². The van der Waals surface area contributed by atoms with Crippen molar-refractivity contribution in [1.82, 2.24) is 10.3 Å². The van der Waals surface area contributed by atoms with Gasteiger partial charge in [-0.15, -0.1) is 11.3 Å². The molecule has 0 aliphatic carbocycles. The zero-order valence-corrected chi connectivity index (χ0v) is 18.3. The second-order valence-corrected chi connectivity index (χ2v) is 8.55. The summed E-state index contributed by atoms with van der Waals surface area (Å²) in [6, 6.07) is 13.7. The summed E-state index contributed by atoms with van der Waals surface area (Å²) in [5.74, 6) is -1.16. The van der Waals surface area contributed by atoms with E-state index in [1.807, 2.05) is 31.2 Å². The SMILES string of the molecule is CC(=O)N(c1nc(/C=C2\SC(=Nc3ccc(C)cc3)NC2=O)cs1)c1ccccc1F. The molecule has 0 unspecified atom stereocenters. The summed E-state index contributed by atoms with van der Waals surface area (Å²) in [5.41, 5.74) is 2.50. The molecule has 0 radical (unpaired) electrons. The van der Waals surface area contributed by atoms with Crippen LogP contribution < -0.4 is 10.2 Å². The summed E-state index contributed by atoms with van der Waals surface area (Å²) in [4.78, 5) is 35.0. The predicted octanol–water partition coefficient (Wildman–Crippen LogP) is 5.17. The lowest BCUT2D eigenvalue weighted by Gasteiger charge is -2.18. The lowest BCUT2D eigenvalue weighted by atomic mass is 10.2. The van der Waals surface area contributed by atoms with Crippen molar-refractivity contribution < 1.29 is 14.0 Å². The van der Waals surface area contributed by atoms with E-state index >= 15 is 0 Å². The van der Waals surface area contributed by atoms with Crippen LogP contribution in [-0.2, 0) is 9.59 Å². The first-order valence-electron chi connectivity index (χ1n) is 9.28. The van der Waals surface area contributed by atoms with Crippen LogP contribution in [0.1, 0.15) is 18.2 Å². The largest absolute Gasteiger partial charge is 0.300 e. The Hall–Kier alpha value is -3.30. The van der Waals surface area contributed by atoms with Crippen molar-refractivity contribution in [3.8, 4) is 0 Å². The molecule has 1 aliphatic heterocycles. The number of nitrogens with zero attached hydrogens (tertiary/aromatic N) is 3. The molecule has 6 nitrogen and oxygen atoms in total. The molecule has 1 aliphatic rings. The number of hydrogen-bond donors (Lipinski definition) is 1. The molecular weight excluding hydrogens is 435 g/mol. The van der Waals surface area contributed by atoms with Crippen LogP contribution >= 0.6 is 23.1 Å². The molecule has 9 heteroatoms. The number of halogens is 1. The quantitative estimate of drug-likeness (QED) is 0.555. The van der Waals surface area contributed by atoms with Gasteiger partial charge in [0.2, 0.25) is 5.91 Å². The molecule has 2 heterocycles. The highest BCUT2D eigenvalue weighted by molar-refractivity contribution is 8.18. The first-order chi connectivity index (χ1) is 14.9. The Morgan fingerprint density at radius 2 is 1.94 bits per heavy atom. The molecule has 0 bridgehead atoms. The van der Waals surface area contributed by atoms with Crippen LogP contribution in [0, 0.1) is 12.7 Å². The summed E-state index contributed by atoms with van der Waals surface area (Å²) in [7, 11) is 0. The first-order valence-corrected chi connectivity index (χ1v) is 11.0. The Morgan fingerprint density at radius 1 is 1.19 bits per heavy atom. The van der Waals surface area contributed by atoms with Crippen molar-refractivity contribution in [2.24, 2.45) is 4.99 Å². The number of benzene rings is 2. The van der Waals surface area contributed by atoms with Gasteiger partial charge in [-0.25, -0.2) is 14.4 Å². The standard InChI is InChI=1S/C22H17FN4O2S2/c1-13-7-9-15(10-8-13)24-21-26-20(29)19(31-21)11-16-12-30-22(25-16)27(14(2)28)18-6-4-3-5-17(18)23/h3-12H,1-2H3,(H,24,26,29)/b19-11-. The number of thioether (sulfide) groups is 1. The predicted molar refractivity (Wildman–Crippen MR) is 123 cm³/mol. The normalized spacial score (nSPS) is 16.0. The van der Waals surface area contributed by atoms with Crippen molar-refractivity contribution in [2.75, 3.05) is 4.90 Å². The third-order valence-corrected chi connectivity index (χ3v) is 6.06. The van der Waals surface area contributed by atoms with Gasteiger partial charge < -0.3 is 5.32 Å². The zero-order chi connectivity index (χ0) is 22.0. The van der Waals surface area contributed by atoms with E-state index in [1.54, 1.807) is 23.6 Å². The number of aryl methyl sites for hydroxylation is 1. The van der Waals surface area contributed by atoms with E-state index < -0.39 is 5.82 Å². The van der Waals surface area contributed by atoms with Gasteiger partial charge in [0.15, 0.2) is 10.3 Å². The van der Waals surface area contributed by atoms with Crippen LogP contribution in [0.4, 0.5) is 20.9 Å². The van der Waals surface area contributed by atoms with Gasteiger partial charge in [0.05, 0.1) is 22.0 Å². The summed E-state index contributed by atoms with van der Waals surface area (Å²) in [5, 5.41) is 5.25. The molecule has 0 saturated carbocycles. The van der Waals surface area contributed by atoms with Gasteiger partial charge >= 0.3 is 0 Å². The van der Waals surface area contributed by atoms with E-state index in [0.29, 0.717) is 20.9 Å². The van der Waals surface area contributed by atoms with Crippen molar-refractivity contribution in [3.05, 3.63) is 75.9 Å². The molecule has 0 spiro atoms. The molecule has 31 heavy (non-hydrogen) atoms. The number of carbonyl (C=O) groups excluding carboxylic acids is 2. The second kappa shape index (κ2) is 8.83. The van der Waals surface area contributed by atoms with Crippen LogP contribution in [0.25, 0.3) is 6.08 Å². The van der Waals surface area contributed by atoms with Crippen molar-refractivity contribution in [1.29, 1.82) is 0 Å². The molecule has 156 valence electrons. The number of thiazole rings is 1. The fraction of sp³-hybridized carbons (Fsp3) is 0.0909. The van der Waals surface area contributed by atoms with Crippen molar-refractivity contribution in [3.63, 3.8) is 0 Å². The maximum atomic E-state index is 14.2. The lowest BCUT2D eigenvalue weighted by Crippen LogP contribution is -2.23. The zero-order valence-electron chi connectivity index (χ0n) is 16.6. The smallest absolute Gasteiger partial charge is 0.264 e. The number of hydrogen-bond acceptors (Lipinski definition) is 6. The third-order valence-electron chi connectivity index (χ3n) is 4.30. The molecule has 2 amide bonds. The second-order valence-electron chi connectivity index (χ2n) is 6.68. The Balaban J connectivity index is 1.57. The molecule has 4 rings (SSSR count). The number of amidine groups is 1. The van der Waals surface area contributed by atoms with Crippen LogP contribution in [0.3, 0.4) is 0 Å². The maximum absolute atomic E-state index is 14.2. The van der Waals surface area contributed by atoms with Crippen molar-refractivity contribution >= 4 is 62.7 Å². The monoisotopic (exact) mass is 452 g/mol. The molecule has 3 aromatic rings. The number of anilines is 2. The van der Waals surface area contributed by atoms with E-state index in [1.165, 1.54) is 47.1 Å². The number of aliphatic imine (C=N–C) groups is 1. The molecule has 1 aromatic heterocycles. The minimum Gasteiger partial charge on any atom is -0.300 e. The fourth-order valence-electron chi connectivity index (χ4n) is 2.84. The minimum absolute atomic E-state index is 0.129. The summed E-state index contributed by atoms with van der Waals surface area (Å²) in [6.45, 7) is 3.34. The van der Waals surface area contributed by atoms with E-state index in [4.69, 9.17) is 0 Å². The number of amides is 2. The topological polar surface area (TPSA) is 74.7 Å². The first kappa shape index (κ1) is 21.0. The van der Waals surface area contributed by atoms with Crippen LogP contribution in [0.5, 0.6) is 0 Å². The Kier molecular flexibility index (Phi) is 5.97. The average molecular weight is 453 g/mol. The Bertz CT molecular complexity index is 1220. The number of nitrogens with one attached hydrogen (secondary N) is 1. The lowest BCUT2D eigenvalue weighted by molar-refractivity contribution is -0.116. The number of aromatic nitrogens is 1. The molecule has 2 aromatic carbocycles. The molecular formula is C22H17FN4O2S2. The molecule has 0 atom stereocenters. The Labute approximate surface area is 186 Å². The fourth-order valence-corrected chi connectivity index (χ4v) is 4.50. The van der Waals surface area contributed by atoms with Gasteiger partial charge in [-0.2, -0.15) is 0 Å². The molecule has 1 N–H and O–H groups in total. The van der Waals surface area contributed by atoms with Crippen molar-refractivity contribution in [2.45, 2.75) is 13.8 Å². The van der Waals surface area contributed by atoms with Crippen LogP contribution in [0.2, 0.25) is 0 Å². The highest BCUT2D eigenvalue weighted by Crippen LogP contribution is 2.33. The van der Waals surface area contributed by atoms with E-state index in [9.17, 15) is 14.0 Å². The van der Waals surface area contributed by atoms with Crippen LogP contribution in [-0.4, -0.2) is 22.0 Å². The van der Waals surface area contributed by atoms with Gasteiger partial charge in [0.1, 0.15) is 5.82 Å². The highest BCUT2D eigenvalue weighted by atomic mass is 32.2. The summed E-state index contributed by atoms with van der Waals surface area (Å²) in [6.07, 6.45) is 1.62. The summed E-state index contributed by atoms with van der Waals surface area (Å²) >= 11 is 2.40. The third kappa shape index (κ3) is 4.73. The number of para-hydroxylation sites is 1. The van der Waals surface area contributed by atoms with E-state index in [0.717, 1.165) is 11.3 Å². The molecule has 1 saturated heterocycles. The van der Waals surface area contributed by atoms with Gasteiger partial charge in [-0.1, -0.05) is 29.8 Å².